The van der Waals surface area contributed by atoms with Crippen LogP contribution >= 0.6 is 0 Å². The van der Waals surface area contributed by atoms with Crippen molar-refractivity contribution in [2.24, 2.45) is 0 Å². The molecule has 0 heterocycles. The summed E-state index contributed by atoms with van der Waals surface area (Å²) in [5.41, 5.74) is 0. The Labute approximate surface area is 68.3 Å². The van der Waals surface area contributed by atoms with Gasteiger partial charge in [0.05, 0.1) is 0 Å². The van der Waals surface area contributed by atoms with E-state index in [1.165, 1.54) is 6.21 Å². The smallest absolute Gasteiger partial charge is 0.377 e. The Balaban J connectivity index is 3.93. The number of hydrogen-bond acceptors (Lipinski definition) is 4. The van der Waals surface area contributed by atoms with Crippen molar-refractivity contribution >= 4 is 15.0 Å². The van der Waals surface area contributed by atoms with Gasteiger partial charge in [-0.15, -0.1) is 0 Å². The van der Waals surface area contributed by atoms with Crippen molar-refractivity contribution in [3.05, 3.63) is 0 Å². The van der Waals surface area contributed by atoms with Crippen LogP contribution in [0.5, 0.6) is 0 Å². The molecule has 0 saturated carbocycles. The molecular formula is C6H15NO3Si. The Bertz CT molecular complexity index is 108. The van der Waals surface area contributed by atoms with Gasteiger partial charge in [0, 0.05) is 27.4 Å². The van der Waals surface area contributed by atoms with Crippen molar-refractivity contribution in [1.29, 1.82) is 5.41 Å². The average molecular weight is 177 g/mol. The summed E-state index contributed by atoms with van der Waals surface area (Å²) in [6.07, 6.45) is 1.97. The highest BCUT2D eigenvalue weighted by Gasteiger charge is 2.36. The molecule has 0 atom stereocenters. The largest absolute Gasteiger partial charge is 0.500 e. The zero-order valence-electron chi connectivity index (χ0n) is 7.22. The molecule has 0 rings (SSSR count). The SMILES string of the molecule is CO[Si](CCC=N)(OC)OC. The summed E-state index contributed by atoms with van der Waals surface area (Å²) in [7, 11) is 2.33. The second-order valence-electron chi connectivity index (χ2n) is 2.04. The second kappa shape index (κ2) is 5.42. The maximum atomic E-state index is 6.84. The fourth-order valence-corrected chi connectivity index (χ4v) is 2.42. The van der Waals surface area contributed by atoms with E-state index in [2.05, 4.69) is 0 Å². The summed E-state index contributed by atoms with van der Waals surface area (Å²) in [4.78, 5) is 0. The first kappa shape index (κ1) is 10.8. The van der Waals surface area contributed by atoms with E-state index in [1.54, 1.807) is 21.3 Å². The Morgan fingerprint density at radius 1 is 1.18 bits per heavy atom. The lowest BCUT2D eigenvalue weighted by atomic mass is 10.5. The topological polar surface area (TPSA) is 51.5 Å². The minimum atomic E-state index is -2.39. The number of nitrogens with one attached hydrogen (secondary N) is 1. The van der Waals surface area contributed by atoms with Crippen LogP contribution in [0.15, 0.2) is 0 Å². The Hall–Kier alpha value is -0.233. The molecule has 0 unspecified atom stereocenters. The monoisotopic (exact) mass is 177 g/mol. The Kier molecular flexibility index (Phi) is 5.31. The van der Waals surface area contributed by atoms with Gasteiger partial charge in [0.1, 0.15) is 0 Å². The molecule has 0 aliphatic heterocycles. The molecule has 0 amide bonds. The van der Waals surface area contributed by atoms with Crippen LogP contribution in [0.4, 0.5) is 0 Å². The molecule has 0 bridgehead atoms. The lowest BCUT2D eigenvalue weighted by Gasteiger charge is -2.23. The van der Waals surface area contributed by atoms with Crippen LogP contribution in [0.3, 0.4) is 0 Å². The molecule has 0 saturated heterocycles. The Morgan fingerprint density at radius 3 is 1.91 bits per heavy atom. The van der Waals surface area contributed by atoms with Crippen molar-refractivity contribution < 1.29 is 13.3 Å². The summed E-state index contributed by atoms with van der Waals surface area (Å²) in [5, 5.41) is 6.84. The van der Waals surface area contributed by atoms with E-state index in [0.29, 0.717) is 12.5 Å². The zero-order chi connectivity index (χ0) is 8.74. The molecule has 0 aliphatic carbocycles. The van der Waals surface area contributed by atoms with E-state index in [0.717, 1.165) is 0 Å². The Morgan fingerprint density at radius 2 is 1.64 bits per heavy atom. The van der Waals surface area contributed by atoms with E-state index in [-0.39, 0.29) is 0 Å². The molecule has 0 aliphatic rings. The van der Waals surface area contributed by atoms with Gasteiger partial charge in [-0.25, -0.2) is 0 Å². The lowest BCUT2D eigenvalue weighted by Crippen LogP contribution is -2.42. The van der Waals surface area contributed by atoms with Crippen molar-refractivity contribution in [1.82, 2.24) is 0 Å². The molecule has 0 aromatic heterocycles. The quantitative estimate of drug-likeness (QED) is 0.484. The van der Waals surface area contributed by atoms with Gasteiger partial charge in [0.25, 0.3) is 0 Å². The maximum absolute atomic E-state index is 6.84. The molecule has 11 heavy (non-hydrogen) atoms. The molecular weight excluding hydrogens is 162 g/mol. The highest BCUT2D eigenvalue weighted by Crippen LogP contribution is 2.13. The first-order valence-electron chi connectivity index (χ1n) is 3.39. The molecule has 0 spiro atoms. The minimum absolute atomic E-state index is 0.641. The fraction of sp³-hybridized carbons (Fsp3) is 0.833. The summed E-state index contributed by atoms with van der Waals surface area (Å²) in [6, 6.07) is 0.667. The van der Waals surface area contributed by atoms with Gasteiger partial charge in [-0.05, 0) is 12.6 Å². The van der Waals surface area contributed by atoms with Crippen molar-refractivity contribution in [2.45, 2.75) is 12.5 Å². The van der Waals surface area contributed by atoms with Crippen LogP contribution in [-0.2, 0) is 13.3 Å². The molecule has 4 nitrogen and oxygen atoms in total. The van der Waals surface area contributed by atoms with E-state index < -0.39 is 8.80 Å². The first-order chi connectivity index (χ1) is 5.24. The normalized spacial score (nSPS) is 11.5. The van der Waals surface area contributed by atoms with Gasteiger partial charge < -0.3 is 18.7 Å². The molecule has 66 valence electrons. The minimum Gasteiger partial charge on any atom is -0.377 e. The van der Waals surface area contributed by atoms with Gasteiger partial charge in [0.2, 0.25) is 0 Å². The third-order valence-electron chi connectivity index (χ3n) is 1.53. The summed E-state index contributed by atoms with van der Waals surface area (Å²) in [6.45, 7) is 0. The van der Waals surface area contributed by atoms with Crippen molar-refractivity contribution in [3.63, 3.8) is 0 Å². The molecule has 0 aromatic rings. The molecule has 0 radical (unpaired) electrons. The molecule has 0 fully saturated rings. The van der Waals surface area contributed by atoms with Crippen LogP contribution in [0.25, 0.3) is 0 Å². The van der Waals surface area contributed by atoms with Crippen LogP contribution in [0, 0.1) is 5.41 Å². The van der Waals surface area contributed by atoms with E-state index >= 15 is 0 Å². The molecule has 1 N–H and O–H groups in total. The van der Waals surface area contributed by atoms with Crippen LogP contribution < -0.4 is 0 Å². The molecule has 5 heteroatoms. The van der Waals surface area contributed by atoms with Crippen LogP contribution in [0.2, 0.25) is 6.04 Å². The second-order valence-corrected chi connectivity index (χ2v) is 5.13. The number of hydrogen-bond donors (Lipinski definition) is 1. The van der Waals surface area contributed by atoms with Gasteiger partial charge in [-0.1, -0.05) is 0 Å². The zero-order valence-corrected chi connectivity index (χ0v) is 8.22. The predicted octanol–water partition coefficient (Wildman–Crippen LogP) is 0.904. The summed E-state index contributed by atoms with van der Waals surface area (Å²) < 4.78 is 15.4. The molecule has 0 aromatic carbocycles. The van der Waals surface area contributed by atoms with Gasteiger partial charge >= 0.3 is 8.80 Å². The third kappa shape index (κ3) is 3.11. The van der Waals surface area contributed by atoms with Gasteiger partial charge in [0.15, 0.2) is 0 Å². The van der Waals surface area contributed by atoms with Crippen molar-refractivity contribution in [2.75, 3.05) is 21.3 Å². The van der Waals surface area contributed by atoms with Crippen LogP contribution in [0.1, 0.15) is 6.42 Å². The van der Waals surface area contributed by atoms with Gasteiger partial charge in [-0.3, -0.25) is 0 Å². The first-order valence-corrected chi connectivity index (χ1v) is 5.32. The van der Waals surface area contributed by atoms with E-state index in [4.69, 9.17) is 18.7 Å². The predicted molar refractivity (Wildman–Crippen MR) is 45.0 cm³/mol. The highest BCUT2D eigenvalue weighted by molar-refractivity contribution is 6.60. The average Bonchev–Trinajstić information content (AvgIpc) is 2.08. The van der Waals surface area contributed by atoms with E-state index in [9.17, 15) is 0 Å². The highest BCUT2D eigenvalue weighted by atomic mass is 28.4. The van der Waals surface area contributed by atoms with Crippen LogP contribution in [-0.4, -0.2) is 36.3 Å². The van der Waals surface area contributed by atoms with E-state index in [1.807, 2.05) is 0 Å². The fourth-order valence-electron chi connectivity index (χ4n) is 0.805. The number of rotatable bonds is 6. The van der Waals surface area contributed by atoms with Gasteiger partial charge in [-0.2, -0.15) is 0 Å². The summed E-state index contributed by atoms with van der Waals surface area (Å²) >= 11 is 0. The van der Waals surface area contributed by atoms with Crippen molar-refractivity contribution in [3.8, 4) is 0 Å². The lowest BCUT2D eigenvalue weighted by molar-refractivity contribution is 0.124. The summed E-state index contributed by atoms with van der Waals surface area (Å²) in [5.74, 6) is 0. The third-order valence-corrected chi connectivity index (χ3v) is 4.29. The maximum Gasteiger partial charge on any atom is 0.500 e. The standard InChI is InChI=1S/C6H15NO3Si/c1-8-11(9-2,10-3)6-4-5-7/h5,7H,4,6H2,1-3H3.